The van der Waals surface area contributed by atoms with E-state index in [1.54, 1.807) is 14.2 Å². The summed E-state index contributed by atoms with van der Waals surface area (Å²) in [6, 6.07) is 5.81. The van der Waals surface area contributed by atoms with E-state index in [0.29, 0.717) is 0 Å². The molecule has 1 fully saturated rings. The number of nitrogens with zero attached hydrogens (tertiary/aromatic N) is 2. The van der Waals surface area contributed by atoms with Gasteiger partial charge in [0.25, 0.3) is 0 Å². The van der Waals surface area contributed by atoms with Gasteiger partial charge in [-0.3, -0.25) is 9.89 Å². The molecule has 21 heavy (non-hydrogen) atoms. The van der Waals surface area contributed by atoms with E-state index in [9.17, 15) is 0 Å². The fourth-order valence-corrected chi connectivity index (χ4v) is 2.31. The van der Waals surface area contributed by atoms with E-state index in [0.717, 1.165) is 62.9 Å². The van der Waals surface area contributed by atoms with Crippen molar-refractivity contribution in [2.45, 2.75) is 6.42 Å². The molecule has 0 bridgehead atoms. The number of hydrogen-bond acceptors (Lipinski definition) is 5. The lowest BCUT2D eigenvalue weighted by Crippen LogP contribution is -2.37. The standard InChI is InChI=1S/C16H24N2O3/c1-19-15-5-4-14(12-16(15)20-2)13-17-6-3-7-18-8-10-21-11-9-18/h4-5,12-13H,3,6-11H2,1-2H3. The second kappa shape index (κ2) is 8.64. The smallest absolute Gasteiger partial charge is 0.161 e. The number of rotatable bonds is 7. The molecule has 5 nitrogen and oxygen atoms in total. The van der Waals surface area contributed by atoms with Crippen molar-refractivity contribution in [3.8, 4) is 11.5 Å². The van der Waals surface area contributed by atoms with Crippen molar-refractivity contribution in [1.29, 1.82) is 0 Å². The molecule has 1 saturated heterocycles. The van der Waals surface area contributed by atoms with Crippen molar-refractivity contribution >= 4 is 6.21 Å². The third kappa shape index (κ3) is 5.02. The van der Waals surface area contributed by atoms with E-state index < -0.39 is 0 Å². The molecule has 2 rings (SSSR count). The number of morpholine rings is 1. The van der Waals surface area contributed by atoms with Gasteiger partial charge in [0.2, 0.25) is 0 Å². The summed E-state index contributed by atoms with van der Waals surface area (Å²) in [6.45, 7) is 5.72. The molecule has 0 amide bonds. The van der Waals surface area contributed by atoms with Crippen molar-refractivity contribution < 1.29 is 14.2 Å². The van der Waals surface area contributed by atoms with E-state index in [1.807, 2.05) is 24.4 Å². The Labute approximate surface area is 126 Å². The molecule has 0 aromatic heterocycles. The van der Waals surface area contributed by atoms with E-state index >= 15 is 0 Å². The molecule has 116 valence electrons. The second-order valence-corrected chi connectivity index (χ2v) is 4.96. The first-order chi connectivity index (χ1) is 10.3. The summed E-state index contributed by atoms with van der Waals surface area (Å²) in [5.41, 5.74) is 1.03. The minimum atomic E-state index is 0.731. The van der Waals surface area contributed by atoms with Crippen molar-refractivity contribution in [1.82, 2.24) is 4.90 Å². The number of hydrogen-bond donors (Lipinski definition) is 0. The minimum Gasteiger partial charge on any atom is -0.493 e. The highest BCUT2D eigenvalue weighted by Crippen LogP contribution is 2.26. The Morgan fingerprint density at radius 2 is 1.95 bits per heavy atom. The highest BCUT2D eigenvalue weighted by molar-refractivity contribution is 5.80. The Bertz CT molecular complexity index is 457. The average Bonchev–Trinajstić information content (AvgIpc) is 2.55. The summed E-state index contributed by atoms with van der Waals surface area (Å²) in [5, 5.41) is 0. The SMILES string of the molecule is COc1ccc(C=NCCCN2CCOCC2)cc1OC. The lowest BCUT2D eigenvalue weighted by atomic mass is 10.2. The van der Waals surface area contributed by atoms with E-state index in [4.69, 9.17) is 14.2 Å². The summed E-state index contributed by atoms with van der Waals surface area (Å²) in [6.07, 6.45) is 2.96. The van der Waals surface area contributed by atoms with Crippen LogP contribution < -0.4 is 9.47 Å². The van der Waals surface area contributed by atoms with Crippen molar-refractivity contribution in [3.05, 3.63) is 23.8 Å². The van der Waals surface area contributed by atoms with Crippen molar-refractivity contribution in [3.63, 3.8) is 0 Å². The lowest BCUT2D eigenvalue weighted by Gasteiger charge is -2.26. The van der Waals surface area contributed by atoms with Crippen LogP contribution in [-0.4, -0.2) is 64.7 Å². The molecule has 1 heterocycles. The number of methoxy groups -OCH3 is 2. The highest BCUT2D eigenvalue weighted by Gasteiger charge is 2.08. The van der Waals surface area contributed by atoms with E-state index in [1.165, 1.54) is 0 Å². The molecule has 1 aromatic carbocycles. The molecule has 5 heteroatoms. The zero-order valence-electron chi connectivity index (χ0n) is 12.9. The molecule has 0 aliphatic carbocycles. The van der Waals surface area contributed by atoms with Gasteiger partial charge in [-0.1, -0.05) is 0 Å². The van der Waals surface area contributed by atoms with Crippen LogP contribution >= 0.6 is 0 Å². The van der Waals surface area contributed by atoms with Gasteiger partial charge in [-0.05, 0) is 30.2 Å². The van der Waals surface area contributed by atoms with Crippen LogP contribution in [0.5, 0.6) is 11.5 Å². The molecule has 0 spiro atoms. The number of ether oxygens (including phenoxy) is 3. The lowest BCUT2D eigenvalue weighted by molar-refractivity contribution is 0.0377. The van der Waals surface area contributed by atoms with Gasteiger partial charge in [0.15, 0.2) is 11.5 Å². The van der Waals surface area contributed by atoms with Crippen LogP contribution in [0.25, 0.3) is 0 Å². The Hall–Kier alpha value is -1.59. The molecule has 0 atom stereocenters. The first kappa shape index (κ1) is 15.8. The molecule has 0 radical (unpaired) electrons. The monoisotopic (exact) mass is 292 g/mol. The third-order valence-corrected chi connectivity index (χ3v) is 3.51. The van der Waals surface area contributed by atoms with E-state index in [2.05, 4.69) is 9.89 Å². The normalized spacial score (nSPS) is 16.3. The summed E-state index contributed by atoms with van der Waals surface area (Å²) >= 11 is 0. The fraction of sp³-hybridized carbons (Fsp3) is 0.562. The van der Waals surface area contributed by atoms with Crippen LogP contribution in [0.4, 0.5) is 0 Å². The Balaban J connectivity index is 1.75. The predicted octanol–water partition coefficient (Wildman–Crippen LogP) is 1.84. The third-order valence-electron chi connectivity index (χ3n) is 3.51. The number of benzene rings is 1. The van der Waals surface area contributed by atoms with Gasteiger partial charge in [-0.2, -0.15) is 0 Å². The molecule has 1 aromatic rings. The maximum atomic E-state index is 5.33. The summed E-state index contributed by atoms with van der Waals surface area (Å²) in [7, 11) is 3.28. The second-order valence-electron chi connectivity index (χ2n) is 4.96. The van der Waals surface area contributed by atoms with Crippen molar-refractivity contribution in [2.24, 2.45) is 4.99 Å². The summed E-state index contributed by atoms with van der Waals surface area (Å²) in [4.78, 5) is 6.90. The van der Waals surface area contributed by atoms with Crippen LogP contribution in [0.1, 0.15) is 12.0 Å². The van der Waals surface area contributed by atoms with Crippen LogP contribution in [0.15, 0.2) is 23.2 Å². The van der Waals surface area contributed by atoms with Gasteiger partial charge in [-0.25, -0.2) is 0 Å². The maximum absolute atomic E-state index is 5.33. The fourth-order valence-electron chi connectivity index (χ4n) is 2.31. The average molecular weight is 292 g/mol. The molecule has 1 aliphatic rings. The van der Waals surface area contributed by atoms with Gasteiger partial charge >= 0.3 is 0 Å². The van der Waals surface area contributed by atoms with Crippen molar-refractivity contribution in [2.75, 3.05) is 53.6 Å². The first-order valence-corrected chi connectivity index (χ1v) is 7.35. The molecule has 0 saturated carbocycles. The minimum absolute atomic E-state index is 0.731. The molecule has 1 aliphatic heterocycles. The largest absolute Gasteiger partial charge is 0.493 e. The maximum Gasteiger partial charge on any atom is 0.161 e. The molecular weight excluding hydrogens is 268 g/mol. The van der Waals surface area contributed by atoms with Gasteiger partial charge < -0.3 is 14.2 Å². The van der Waals surface area contributed by atoms with Crippen LogP contribution in [0.3, 0.4) is 0 Å². The summed E-state index contributed by atoms with van der Waals surface area (Å²) < 4.78 is 15.8. The highest BCUT2D eigenvalue weighted by atomic mass is 16.5. The Morgan fingerprint density at radius 1 is 1.19 bits per heavy atom. The molecule has 0 N–H and O–H groups in total. The van der Waals surface area contributed by atoms with Crippen LogP contribution in [0, 0.1) is 0 Å². The quantitative estimate of drug-likeness (QED) is 0.568. The van der Waals surface area contributed by atoms with Gasteiger partial charge in [-0.15, -0.1) is 0 Å². The Kier molecular flexibility index (Phi) is 6.50. The van der Waals surface area contributed by atoms with Gasteiger partial charge in [0.1, 0.15) is 0 Å². The predicted molar refractivity (Wildman–Crippen MR) is 83.9 cm³/mol. The van der Waals surface area contributed by atoms with Gasteiger partial charge in [0.05, 0.1) is 27.4 Å². The topological polar surface area (TPSA) is 43.3 Å². The van der Waals surface area contributed by atoms with Crippen LogP contribution in [-0.2, 0) is 4.74 Å². The molecular formula is C16H24N2O3. The zero-order valence-corrected chi connectivity index (χ0v) is 12.9. The van der Waals surface area contributed by atoms with E-state index in [-0.39, 0.29) is 0 Å². The Morgan fingerprint density at radius 3 is 2.67 bits per heavy atom. The number of aliphatic imine (C=N–C) groups is 1. The van der Waals surface area contributed by atoms with Gasteiger partial charge in [0, 0.05) is 32.4 Å². The first-order valence-electron chi connectivity index (χ1n) is 7.35. The molecule has 0 unspecified atom stereocenters. The zero-order chi connectivity index (χ0) is 14.9. The van der Waals surface area contributed by atoms with Crippen LogP contribution in [0.2, 0.25) is 0 Å². The summed E-state index contributed by atoms with van der Waals surface area (Å²) in [5.74, 6) is 1.47.